The Labute approximate surface area is 113 Å². The van der Waals surface area contributed by atoms with Crippen molar-refractivity contribution in [1.82, 2.24) is 10.3 Å². The van der Waals surface area contributed by atoms with Crippen LogP contribution in [0, 0.1) is 6.92 Å². The molecule has 0 aromatic carbocycles. The third-order valence-corrected chi connectivity index (χ3v) is 2.52. The summed E-state index contributed by atoms with van der Waals surface area (Å²) in [4.78, 5) is 15.9. The fourth-order valence-electron chi connectivity index (χ4n) is 1.73. The van der Waals surface area contributed by atoms with Crippen molar-refractivity contribution in [3.05, 3.63) is 23.9 Å². The molecule has 96 valence electrons. The van der Waals surface area contributed by atoms with Gasteiger partial charge < -0.3 is 10.6 Å². The van der Waals surface area contributed by atoms with E-state index in [0.717, 1.165) is 25.1 Å². The lowest BCUT2D eigenvalue weighted by molar-refractivity contribution is -0.117. The normalized spacial score (nSPS) is 17.8. The van der Waals surface area contributed by atoms with Gasteiger partial charge in [0.05, 0.1) is 6.04 Å². The standard InChI is InChI=1S/C11H15N3O.2ClH/c1-8-4-2-6-10(13-8)14-11(15)9-5-3-7-12-9;;/h2,4,6,9,12H,3,5,7H2,1H3,(H,13,14,15);2*1H/t9-;;/m0../s1. The predicted octanol–water partition coefficient (Wildman–Crippen LogP) is 1.92. The van der Waals surface area contributed by atoms with Crippen molar-refractivity contribution in [1.29, 1.82) is 0 Å². The minimum atomic E-state index is -0.0488. The van der Waals surface area contributed by atoms with Crippen molar-refractivity contribution in [2.45, 2.75) is 25.8 Å². The number of aromatic nitrogens is 1. The number of amides is 1. The molecule has 6 heteroatoms. The van der Waals surface area contributed by atoms with Gasteiger partial charge in [-0.3, -0.25) is 4.79 Å². The average Bonchev–Trinajstić information content (AvgIpc) is 2.70. The highest BCUT2D eigenvalue weighted by Gasteiger charge is 2.21. The van der Waals surface area contributed by atoms with Gasteiger partial charge in [-0.05, 0) is 38.4 Å². The van der Waals surface area contributed by atoms with Gasteiger partial charge in [-0.25, -0.2) is 4.98 Å². The number of hydrogen-bond donors (Lipinski definition) is 2. The van der Waals surface area contributed by atoms with Gasteiger partial charge in [-0.1, -0.05) is 6.07 Å². The molecule has 1 amide bonds. The second-order valence-electron chi connectivity index (χ2n) is 3.80. The second kappa shape index (κ2) is 7.48. The molecule has 0 unspecified atom stereocenters. The molecule has 17 heavy (non-hydrogen) atoms. The molecule has 1 aliphatic heterocycles. The van der Waals surface area contributed by atoms with Crippen molar-refractivity contribution in [2.24, 2.45) is 0 Å². The zero-order valence-electron chi connectivity index (χ0n) is 9.60. The van der Waals surface area contributed by atoms with E-state index >= 15 is 0 Å². The quantitative estimate of drug-likeness (QED) is 0.869. The topological polar surface area (TPSA) is 54.0 Å². The van der Waals surface area contributed by atoms with Gasteiger partial charge in [0.2, 0.25) is 5.91 Å². The third-order valence-electron chi connectivity index (χ3n) is 2.52. The number of pyridine rings is 1. The predicted molar refractivity (Wildman–Crippen MR) is 73.1 cm³/mol. The van der Waals surface area contributed by atoms with Crippen molar-refractivity contribution in [2.75, 3.05) is 11.9 Å². The van der Waals surface area contributed by atoms with E-state index in [1.165, 1.54) is 0 Å². The first kappa shape index (κ1) is 16.2. The van der Waals surface area contributed by atoms with Crippen LogP contribution < -0.4 is 10.6 Å². The molecule has 4 nitrogen and oxygen atoms in total. The highest BCUT2D eigenvalue weighted by molar-refractivity contribution is 5.94. The van der Waals surface area contributed by atoms with Crippen LogP contribution in [0.5, 0.6) is 0 Å². The zero-order chi connectivity index (χ0) is 10.7. The number of nitrogens with zero attached hydrogens (tertiary/aromatic N) is 1. The maximum atomic E-state index is 11.7. The number of carbonyl (C=O) groups is 1. The van der Waals surface area contributed by atoms with E-state index in [2.05, 4.69) is 15.6 Å². The Morgan fingerprint density at radius 3 is 2.82 bits per heavy atom. The van der Waals surface area contributed by atoms with E-state index < -0.39 is 0 Å². The molecule has 1 fully saturated rings. The lowest BCUT2D eigenvalue weighted by atomic mass is 10.2. The molecule has 2 heterocycles. The van der Waals surface area contributed by atoms with Crippen LogP contribution in [0.15, 0.2) is 18.2 Å². The maximum Gasteiger partial charge on any atom is 0.242 e. The molecular formula is C11H17Cl2N3O. The van der Waals surface area contributed by atoms with E-state index in [-0.39, 0.29) is 36.8 Å². The number of carbonyl (C=O) groups excluding carboxylic acids is 1. The number of hydrogen-bond acceptors (Lipinski definition) is 3. The summed E-state index contributed by atoms with van der Waals surface area (Å²) in [5.74, 6) is 0.652. The zero-order valence-corrected chi connectivity index (χ0v) is 11.2. The molecule has 0 aliphatic carbocycles. The summed E-state index contributed by atoms with van der Waals surface area (Å²) in [6.45, 7) is 2.84. The highest BCUT2D eigenvalue weighted by atomic mass is 35.5. The van der Waals surface area contributed by atoms with Gasteiger partial charge in [-0.2, -0.15) is 0 Å². The van der Waals surface area contributed by atoms with E-state index in [0.29, 0.717) is 5.82 Å². The molecule has 0 spiro atoms. The van der Waals surface area contributed by atoms with Crippen molar-refractivity contribution >= 4 is 36.5 Å². The Kier molecular flexibility index (Phi) is 7.11. The summed E-state index contributed by atoms with van der Waals surface area (Å²) in [7, 11) is 0. The molecule has 2 N–H and O–H groups in total. The molecule has 0 bridgehead atoms. The molecule has 1 aromatic rings. The van der Waals surface area contributed by atoms with Gasteiger partial charge in [0.25, 0.3) is 0 Å². The minimum Gasteiger partial charge on any atom is -0.309 e. The Morgan fingerprint density at radius 2 is 2.24 bits per heavy atom. The summed E-state index contributed by atoms with van der Waals surface area (Å²) in [6.07, 6.45) is 1.98. The van der Waals surface area contributed by atoms with Crippen molar-refractivity contribution < 1.29 is 4.79 Å². The first-order chi connectivity index (χ1) is 7.25. The van der Waals surface area contributed by atoms with Crippen LogP contribution in [0.4, 0.5) is 5.82 Å². The minimum absolute atomic E-state index is 0. The average molecular weight is 278 g/mol. The first-order valence-corrected chi connectivity index (χ1v) is 5.23. The van der Waals surface area contributed by atoms with Gasteiger partial charge in [0.1, 0.15) is 5.82 Å². The lowest BCUT2D eigenvalue weighted by Gasteiger charge is -2.10. The van der Waals surface area contributed by atoms with Gasteiger partial charge >= 0.3 is 0 Å². The van der Waals surface area contributed by atoms with Crippen LogP contribution in [-0.2, 0) is 4.79 Å². The first-order valence-electron chi connectivity index (χ1n) is 5.23. The number of rotatable bonds is 2. The van der Waals surface area contributed by atoms with E-state index in [1.807, 2.05) is 19.1 Å². The number of nitrogens with one attached hydrogen (secondary N) is 2. The lowest BCUT2D eigenvalue weighted by Crippen LogP contribution is -2.35. The van der Waals surface area contributed by atoms with Crippen LogP contribution in [0.3, 0.4) is 0 Å². The van der Waals surface area contributed by atoms with Crippen LogP contribution >= 0.6 is 24.8 Å². The van der Waals surface area contributed by atoms with E-state index in [1.54, 1.807) is 6.07 Å². The summed E-state index contributed by atoms with van der Waals surface area (Å²) < 4.78 is 0. The fourth-order valence-corrected chi connectivity index (χ4v) is 1.73. The fraction of sp³-hybridized carbons (Fsp3) is 0.455. The highest BCUT2D eigenvalue weighted by Crippen LogP contribution is 2.09. The summed E-state index contributed by atoms with van der Waals surface area (Å²) in [5, 5.41) is 5.96. The molecule has 1 atom stereocenters. The van der Waals surface area contributed by atoms with Crippen LogP contribution in [-0.4, -0.2) is 23.5 Å². The Morgan fingerprint density at radius 1 is 1.47 bits per heavy atom. The molecule has 2 rings (SSSR count). The number of aryl methyl sites for hydroxylation is 1. The summed E-state index contributed by atoms with van der Waals surface area (Å²) in [5.41, 5.74) is 0.909. The smallest absolute Gasteiger partial charge is 0.242 e. The Balaban J connectivity index is 0.00000128. The Hall–Kier alpha value is -0.840. The SMILES string of the molecule is Cc1cccc(NC(=O)[C@@H]2CCCN2)n1.Cl.Cl. The van der Waals surface area contributed by atoms with Crippen molar-refractivity contribution in [3.63, 3.8) is 0 Å². The van der Waals surface area contributed by atoms with E-state index in [4.69, 9.17) is 0 Å². The van der Waals surface area contributed by atoms with Crippen molar-refractivity contribution in [3.8, 4) is 0 Å². The van der Waals surface area contributed by atoms with Crippen LogP contribution in [0.1, 0.15) is 18.5 Å². The summed E-state index contributed by atoms with van der Waals surface area (Å²) in [6, 6.07) is 5.55. The Bertz CT molecular complexity index is 367. The van der Waals surface area contributed by atoms with Gasteiger partial charge in [-0.15, -0.1) is 24.8 Å². The maximum absolute atomic E-state index is 11.7. The molecule has 1 aliphatic rings. The largest absolute Gasteiger partial charge is 0.309 e. The molecule has 0 radical (unpaired) electrons. The molecule has 1 saturated heterocycles. The second-order valence-corrected chi connectivity index (χ2v) is 3.80. The number of anilines is 1. The monoisotopic (exact) mass is 277 g/mol. The van der Waals surface area contributed by atoms with Gasteiger partial charge in [0, 0.05) is 5.69 Å². The summed E-state index contributed by atoms with van der Waals surface area (Å²) >= 11 is 0. The van der Waals surface area contributed by atoms with Crippen LogP contribution in [0.25, 0.3) is 0 Å². The molecular weight excluding hydrogens is 261 g/mol. The van der Waals surface area contributed by atoms with Crippen LogP contribution in [0.2, 0.25) is 0 Å². The third kappa shape index (κ3) is 4.50. The molecule has 1 aromatic heterocycles. The number of halogens is 2. The van der Waals surface area contributed by atoms with E-state index in [9.17, 15) is 4.79 Å². The van der Waals surface area contributed by atoms with Gasteiger partial charge in [0.15, 0.2) is 0 Å². The molecule has 0 saturated carbocycles.